The Morgan fingerprint density at radius 2 is 1.78 bits per heavy atom. The van der Waals surface area contributed by atoms with E-state index in [0.717, 1.165) is 5.41 Å². The lowest BCUT2D eigenvalue weighted by atomic mass is 10.4. The second kappa shape index (κ2) is 4.27. The molecule has 0 saturated heterocycles. The van der Waals surface area contributed by atoms with E-state index in [2.05, 4.69) is 0 Å². The average molecular weight is 162 g/mol. The lowest BCUT2D eigenvalue weighted by Crippen LogP contribution is -1.89. The van der Waals surface area contributed by atoms with E-state index < -0.39 is 10.1 Å². The van der Waals surface area contributed by atoms with Gasteiger partial charge in [-0.2, -0.15) is 8.42 Å². The standard InChI is InChI=1S/C4H8O3S.Mg.2H/c1-4(2)3-8(5,6)7;;;/h3H,1-2H3,(H,5,6,7);;;. The molecule has 5 heteroatoms. The van der Waals surface area contributed by atoms with E-state index in [-0.39, 0.29) is 23.1 Å². The first kappa shape index (κ1) is 12.1. The van der Waals surface area contributed by atoms with Crippen molar-refractivity contribution in [3.63, 3.8) is 0 Å². The second-order valence-electron chi connectivity index (χ2n) is 1.71. The topological polar surface area (TPSA) is 54.4 Å². The molecule has 0 aliphatic rings. The first-order chi connectivity index (χ1) is 3.42. The molecule has 9 heavy (non-hydrogen) atoms. The van der Waals surface area contributed by atoms with Crippen LogP contribution in [-0.4, -0.2) is 36.0 Å². The van der Waals surface area contributed by atoms with Crippen molar-refractivity contribution < 1.29 is 13.0 Å². The van der Waals surface area contributed by atoms with Crippen LogP contribution in [0.4, 0.5) is 0 Å². The third-order valence-corrected chi connectivity index (χ3v) is 1.15. The minimum Gasteiger partial charge on any atom is -0.282 e. The maximum absolute atomic E-state index is 9.92. The third-order valence-electron chi connectivity index (χ3n) is 0.385. The van der Waals surface area contributed by atoms with Crippen molar-refractivity contribution in [2.24, 2.45) is 0 Å². The Balaban J connectivity index is 0. The zero-order valence-corrected chi connectivity index (χ0v) is 5.57. The van der Waals surface area contributed by atoms with Gasteiger partial charge >= 0.3 is 23.1 Å². The molecule has 0 aliphatic carbocycles. The first-order valence-electron chi connectivity index (χ1n) is 2.04. The Morgan fingerprint density at radius 1 is 1.44 bits per heavy atom. The molecular formula is C4H10MgO3S. The summed E-state index contributed by atoms with van der Waals surface area (Å²) >= 11 is 0. The van der Waals surface area contributed by atoms with Gasteiger partial charge in [0.1, 0.15) is 0 Å². The van der Waals surface area contributed by atoms with Crippen LogP contribution in [0.5, 0.6) is 0 Å². The minimum absolute atomic E-state index is 0. The van der Waals surface area contributed by atoms with Crippen LogP contribution in [0.1, 0.15) is 13.8 Å². The Kier molecular flexibility index (Phi) is 5.75. The fourth-order valence-electron chi connectivity index (χ4n) is 0.298. The van der Waals surface area contributed by atoms with E-state index in [4.69, 9.17) is 4.55 Å². The zero-order chi connectivity index (χ0) is 6.78. The summed E-state index contributed by atoms with van der Waals surface area (Å²) in [4.78, 5) is 0. The van der Waals surface area contributed by atoms with Gasteiger partial charge in [0.15, 0.2) is 0 Å². The highest BCUT2D eigenvalue weighted by Crippen LogP contribution is 1.92. The molecule has 0 saturated carbocycles. The molecule has 0 bridgehead atoms. The van der Waals surface area contributed by atoms with E-state index in [1.54, 1.807) is 13.8 Å². The Hall–Kier alpha value is 0.416. The van der Waals surface area contributed by atoms with Crippen LogP contribution in [0, 0.1) is 0 Å². The molecule has 0 fully saturated rings. The number of rotatable bonds is 1. The van der Waals surface area contributed by atoms with Crippen molar-refractivity contribution >= 4 is 33.2 Å². The highest BCUT2D eigenvalue weighted by Gasteiger charge is 1.94. The van der Waals surface area contributed by atoms with Crippen molar-refractivity contribution in [1.82, 2.24) is 0 Å². The molecule has 0 radical (unpaired) electrons. The number of hydrogen-bond donors (Lipinski definition) is 1. The van der Waals surface area contributed by atoms with Crippen molar-refractivity contribution in [2.75, 3.05) is 0 Å². The first-order valence-corrected chi connectivity index (χ1v) is 3.54. The van der Waals surface area contributed by atoms with Crippen LogP contribution in [0.2, 0.25) is 0 Å². The fraction of sp³-hybridized carbons (Fsp3) is 0.500. The van der Waals surface area contributed by atoms with Gasteiger partial charge < -0.3 is 0 Å². The molecule has 0 aromatic heterocycles. The van der Waals surface area contributed by atoms with Gasteiger partial charge in [0.05, 0.1) is 5.41 Å². The van der Waals surface area contributed by atoms with Crippen LogP contribution >= 0.6 is 0 Å². The summed E-state index contributed by atoms with van der Waals surface area (Å²) in [6.07, 6.45) is 0. The van der Waals surface area contributed by atoms with Gasteiger partial charge in [0.2, 0.25) is 0 Å². The van der Waals surface area contributed by atoms with Crippen LogP contribution in [0.3, 0.4) is 0 Å². The van der Waals surface area contributed by atoms with Gasteiger partial charge in [-0.25, -0.2) is 0 Å². The van der Waals surface area contributed by atoms with Crippen molar-refractivity contribution in [2.45, 2.75) is 13.8 Å². The summed E-state index contributed by atoms with van der Waals surface area (Å²) in [6, 6.07) is 0. The van der Waals surface area contributed by atoms with E-state index in [9.17, 15) is 8.42 Å². The summed E-state index contributed by atoms with van der Waals surface area (Å²) in [5.41, 5.74) is 0.563. The fourth-order valence-corrected chi connectivity index (χ4v) is 0.894. The zero-order valence-electron chi connectivity index (χ0n) is 4.75. The number of hydrogen-bond acceptors (Lipinski definition) is 2. The average Bonchev–Trinajstić information content (AvgIpc) is 1.21. The Bertz CT molecular complexity index is 188. The predicted molar refractivity (Wildman–Crippen MR) is 39.5 cm³/mol. The van der Waals surface area contributed by atoms with Crippen LogP contribution in [0.15, 0.2) is 11.0 Å². The van der Waals surface area contributed by atoms with E-state index in [0.29, 0.717) is 5.57 Å². The maximum atomic E-state index is 9.92. The molecule has 0 unspecified atom stereocenters. The van der Waals surface area contributed by atoms with Crippen LogP contribution in [-0.2, 0) is 10.1 Å². The van der Waals surface area contributed by atoms with Gasteiger partial charge in [0, 0.05) is 0 Å². The van der Waals surface area contributed by atoms with Gasteiger partial charge in [-0.1, -0.05) is 5.57 Å². The molecule has 0 heterocycles. The molecule has 0 atom stereocenters. The molecule has 3 nitrogen and oxygen atoms in total. The summed E-state index contributed by atoms with van der Waals surface area (Å²) < 4.78 is 27.9. The SMILES string of the molecule is CC(C)=CS(=O)(=O)O.[MgH2]. The number of allylic oxidation sites excluding steroid dienone is 1. The Morgan fingerprint density at radius 3 is 1.78 bits per heavy atom. The highest BCUT2D eigenvalue weighted by atomic mass is 32.2. The summed E-state index contributed by atoms with van der Waals surface area (Å²) in [7, 11) is -3.89. The highest BCUT2D eigenvalue weighted by molar-refractivity contribution is 7.88. The molecule has 0 aromatic rings. The predicted octanol–water partition coefficient (Wildman–Crippen LogP) is -0.118. The lowest BCUT2D eigenvalue weighted by molar-refractivity contribution is 0.494. The normalized spacial score (nSPS) is 9.67. The molecule has 0 spiro atoms. The maximum Gasteiger partial charge on any atom is 0.316 e. The monoisotopic (exact) mass is 162 g/mol. The van der Waals surface area contributed by atoms with Crippen LogP contribution in [0.25, 0.3) is 0 Å². The third kappa shape index (κ3) is 11.8. The molecule has 52 valence electrons. The van der Waals surface area contributed by atoms with Gasteiger partial charge in [-0.3, -0.25) is 4.55 Å². The molecule has 0 rings (SSSR count). The van der Waals surface area contributed by atoms with E-state index in [1.165, 1.54) is 0 Å². The second-order valence-corrected chi connectivity index (χ2v) is 2.98. The van der Waals surface area contributed by atoms with Crippen molar-refractivity contribution in [3.8, 4) is 0 Å². The van der Waals surface area contributed by atoms with Crippen molar-refractivity contribution in [3.05, 3.63) is 11.0 Å². The smallest absolute Gasteiger partial charge is 0.282 e. The largest absolute Gasteiger partial charge is 0.316 e. The van der Waals surface area contributed by atoms with Crippen molar-refractivity contribution in [1.29, 1.82) is 0 Å². The molecule has 0 aliphatic heterocycles. The molecule has 0 aromatic carbocycles. The summed E-state index contributed by atoms with van der Waals surface area (Å²) in [6.45, 7) is 3.18. The summed E-state index contributed by atoms with van der Waals surface area (Å²) in [5.74, 6) is 0. The summed E-state index contributed by atoms with van der Waals surface area (Å²) in [5, 5.41) is 0.799. The van der Waals surface area contributed by atoms with Gasteiger partial charge in [-0.05, 0) is 13.8 Å². The quantitative estimate of drug-likeness (QED) is 0.432. The van der Waals surface area contributed by atoms with E-state index >= 15 is 0 Å². The van der Waals surface area contributed by atoms with Gasteiger partial charge in [-0.15, -0.1) is 0 Å². The molecule has 1 N–H and O–H groups in total. The minimum atomic E-state index is -3.89. The van der Waals surface area contributed by atoms with Gasteiger partial charge in [0.25, 0.3) is 10.1 Å². The lowest BCUT2D eigenvalue weighted by Gasteiger charge is -1.84. The molecule has 0 amide bonds. The van der Waals surface area contributed by atoms with Crippen LogP contribution < -0.4 is 0 Å². The molecular weight excluding hydrogens is 152 g/mol. The Labute approximate surface area is 71.0 Å². The van der Waals surface area contributed by atoms with E-state index in [1.807, 2.05) is 0 Å².